The summed E-state index contributed by atoms with van der Waals surface area (Å²) >= 11 is 3.04. The normalized spacial score (nSPS) is 16.4. The molecular weight excluding hydrogens is 348 g/mol. The zero-order valence-electron chi connectivity index (χ0n) is 14.4. The number of esters is 1. The largest absolute Gasteiger partial charge is 0.457 e. The second-order valence-electron chi connectivity index (χ2n) is 5.58. The molecule has 1 saturated heterocycles. The Hall–Kier alpha value is -0.890. The third-order valence-electron chi connectivity index (χ3n) is 3.55. The number of unbranched alkanes of at least 4 members (excludes halogenated alkanes) is 5. The van der Waals surface area contributed by atoms with Crippen LogP contribution in [0.15, 0.2) is 10.7 Å². The molecule has 1 N–H and O–H groups in total. The van der Waals surface area contributed by atoms with E-state index < -0.39 is 16.6 Å². The van der Waals surface area contributed by atoms with E-state index in [0.717, 1.165) is 17.9 Å². The van der Waals surface area contributed by atoms with Gasteiger partial charge in [-0.3, -0.25) is 10.1 Å². The maximum Gasteiger partial charge on any atom is 0.412 e. The van der Waals surface area contributed by atoms with Gasteiger partial charge in [-0.1, -0.05) is 39.0 Å². The number of carbonyl (C=O) groups is 1. The van der Waals surface area contributed by atoms with Crippen molar-refractivity contribution in [3.05, 3.63) is 20.8 Å². The number of hydrogen-bond donors (Lipinski definition) is 1. The van der Waals surface area contributed by atoms with Crippen LogP contribution >= 0.6 is 23.5 Å². The molecule has 0 spiro atoms. The molecule has 0 atom stereocenters. The van der Waals surface area contributed by atoms with Crippen molar-refractivity contribution in [3.63, 3.8) is 0 Å². The van der Waals surface area contributed by atoms with E-state index in [0.29, 0.717) is 17.3 Å². The Labute approximate surface area is 152 Å². The van der Waals surface area contributed by atoms with E-state index in [1.54, 1.807) is 11.8 Å². The van der Waals surface area contributed by atoms with Crippen LogP contribution in [-0.2, 0) is 9.53 Å². The van der Waals surface area contributed by atoms with E-state index in [1.165, 1.54) is 50.3 Å². The smallest absolute Gasteiger partial charge is 0.412 e. The van der Waals surface area contributed by atoms with Gasteiger partial charge in [-0.2, -0.15) is 11.8 Å². The molecule has 0 aromatic rings. The van der Waals surface area contributed by atoms with Crippen molar-refractivity contribution in [1.82, 2.24) is 5.32 Å². The molecule has 0 unspecified atom stereocenters. The highest BCUT2D eigenvalue weighted by Crippen LogP contribution is 2.23. The van der Waals surface area contributed by atoms with Gasteiger partial charge in [-0.05, 0) is 18.6 Å². The zero-order chi connectivity index (χ0) is 17.6. The molecule has 8 heteroatoms. The van der Waals surface area contributed by atoms with Gasteiger partial charge in [-0.15, -0.1) is 11.8 Å². The predicted octanol–water partition coefficient (Wildman–Crippen LogP) is 3.80. The van der Waals surface area contributed by atoms with Gasteiger partial charge in [0.05, 0.1) is 4.92 Å². The minimum atomic E-state index is -0.836. The average Bonchev–Trinajstić information content (AvgIpc) is 2.57. The molecule has 0 saturated carbocycles. The molecule has 1 aliphatic rings. The van der Waals surface area contributed by atoms with Crippen LogP contribution < -0.4 is 5.32 Å². The van der Waals surface area contributed by atoms with Crippen LogP contribution in [0, 0.1) is 10.1 Å². The van der Waals surface area contributed by atoms with Crippen LogP contribution in [0.2, 0.25) is 0 Å². The minimum Gasteiger partial charge on any atom is -0.457 e. The lowest BCUT2D eigenvalue weighted by Gasteiger charge is -2.15. The highest BCUT2D eigenvalue weighted by Gasteiger charge is 2.30. The van der Waals surface area contributed by atoms with Crippen LogP contribution in [0.3, 0.4) is 0 Å². The second kappa shape index (κ2) is 13.4. The molecule has 0 radical (unpaired) electrons. The van der Waals surface area contributed by atoms with Crippen molar-refractivity contribution in [2.75, 3.05) is 30.4 Å². The van der Waals surface area contributed by atoms with Crippen molar-refractivity contribution in [3.8, 4) is 0 Å². The Morgan fingerprint density at radius 2 is 2.04 bits per heavy atom. The second-order valence-corrected chi connectivity index (χ2v) is 7.91. The average molecular weight is 377 g/mol. The van der Waals surface area contributed by atoms with Gasteiger partial charge in [0.15, 0.2) is 5.03 Å². The Morgan fingerprint density at radius 1 is 1.29 bits per heavy atom. The van der Waals surface area contributed by atoms with Crippen molar-refractivity contribution in [2.24, 2.45) is 0 Å². The highest BCUT2D eigenvalue weighted by atomic mass is 32.2. The lowest BCUT2D eigenvalue weighted by atomic mass is 10.1. The van der Waals surface area contributed by atoms with E-state index in [9.17, 15) is 14.9 Å². The Balaban J connectivity index is 2.17. The Kier molecular flexibility index (Phi) is 11.8. The summed E-state index contributed by atoms with van der Waals surface area (Å²) in [5.41, 5.74) is -0.458. The first-order valence-corrected chi connectivity index (χ1v) is 10.8. The third kappa shape index (κ3) is 8.82. The first-order valence-electron chi connectivity index (χ1n) is 8.67. The number of carbonyl (C=O) groups excluding carboxylic acids is 1. The molecule has 1 aliphatic heterocycles. The standard InChI is InChI=1S/C16H28N2O4S2/c1-2-3-4-5-6-7-11-23-13-10-22-16(19)14(18(20)21)15-17-9-8-12-24-15/h17H,2-13H2,1H3/b15-14-. The number of thioether (sulfide) groups is 2. The van der Waals surface area contributed by atoms with E-state index in [1.807, 2.05) is 0 Å². The van der Waals surface area contributed by atoms with Gasteiger partial charge in [0, 0.05) is 18.1 Å². The van der Waals surface area contributed by atoms with Crippen molar-refractivity contribution in [1.29, 1.82) is 0 Å². The number of rotatable bonds is 12. The Bertz CT molecular complexity index is 422. The van der Waals surface area contributed by atoms with Crippen LogP contribution in [-0.4, -0.2) is 41.3 Å². The molecule has 1 fully saturated rings. The fourth-order valence-electron chi connectivity index (χ4n) is 2.25. The summed E-state index contributed by atoms with van der Waals surface area (Å²) in [4.78, 5) is 22.4. The molecule has 0 aromatic carbocycles. The zero-order valence-corrected chi connectivity index (χ0v) is 16.0. The monoisotopic (exact) mass is 376 g/mol. The molecule has 24 heavy (non-hydrogen) atoms. The summed E-state index contributed by atoms with van der Waals surface area (Å²) in [5.74, 6) is 1.67. The molecule has 1 heterocycles. The molecule has 0 aromatic heterocycles. The summed E-state index contributed by atoms with van der Waals surface area (Å²) in [5, 5.41) is 14.4. The van der Waals surface area contributed by atoms with Crippen LogP contribution in [0.4, 0.5) is 0 Å². The lowest BCUT2D eigenvalue weighted by molar-refractivity contribution is -0.422. The summed E-state index contributed by atoms with van der Waals surface area (Å²) in [6.07, 6.45) is 8.52. The number of nitrogens with zero attached hydrogens (tertiary/aromatic N) is 1. The molecular formula is C16H28N2O4S2. The SMILES string of the molecule is CCCCCCCCSCCOC(=O)/C(=C1\NCCCS1)[N+](=O)[O-]. The summed E-state index contributed by atoms with van der Waals surface area (Å²) < 4.78 is 5.07. The molecule has 0 amide bonds. The maximum absolute atomic E-state index is 11.9. The van der Waals surface area contributed by atoms with Gasteiger partial charge in [0.25, 0.3) is 0 Å². The van der Waals surface area contributed by atoms with Gasteiger partial charge < -0.3 is 10.1 Å². The summed E-state index contributed by atoms with van der Waals surface area (Å²) in [6, 6.07) is 0. The van der Waals surface area contributed by atoms with Crippen LogP contribution in [0.1, 0.15) is 51.9 Å². The molecule has 0 aliphatic carbocycles. The van der Waals surface area contributed by atoms with Gasteiger partial charge in [0.1, 0.15) is 6.61 Å². The number of hydrogen-bond acceptors (Lipinski definition) is 7. The summed E-state index contributed by atoms with van der Waals surface area (Å²) in [7, 11) is 0. The molecule has 6 nitrogen and oxygen atoms in total. The van der Waals surface area contributed by atoms with E-state index in [2.05, 4.69) is 12.2 Å². The van der Waals surface area contributed by atoms with Crippen LogP contribution in [0.5, 0.6) is 0 Å². The van der Waals surface area contributed by atoms with E-state index >= 15 is 0 Å². The van der Waals surface area contributed by atoms with Gasteiger partial charge >= 0.3 is 11.7 Å². The van der Waals surface area contributed by atoms with Crippen molar-refractivity contribution in [2.45, 2.75) is 51.9 Å². The highest BCUT2D eigenvalue weighted by molar-refractivity contribution is 8.03. The number of nitro groups is 1. The van der Waals surface area contributed by atoms with Crippen molar-refractivity contribution >= 4 is 29.5 Å². The topological polar surface area (TPSA) is 81.5 Å². The quantitative estimate of drug-likeness (QED) is 0.182. The van der Waals surface area contributed by atoms with Crippen molar-refractivity contribution < 1.29 is 14.5 Å². The maximum atomic E-state index is 11.9. The summed E-state index contributed by atoms with van der Waals surface area (Å²) in [6.45, 7) is 3.08. The van der Waals surface area contributed by atoms with E-state index in [4.69, 9.17) is 4.74 Å². The fourth-order valence-corrected chi connectivity index (χ4v) is 4.05. The molecule has 1 rings (SSSR count). The first-order chi connectivity index (χ1) is 11.7. The van der Waals surface area contributed by atoms with Gasteiger partial charge in [-0.25, -0.2) is 4.79 Å². The van der Waals surface area contributed by atoms with E-state index in [-0.39, 0.29) is 6.61 Å². The molecule has 0 bridgehead atoms. The van der Waals surface area contributed by atoms with Crippen LogP contribution in [0.25, 0.3) is 0 Å². The predicted molar refractivity (Wildman–Crippen MR) is 101 cm³/mol. The minimum absolute atomic E-state index is 0.217. The number of nitrogens with one attached hydrogen (secondary N) is 1. The van der Waals surface area contributed by atoms with Gasteiger partial charge in [0.2, 0.25) is 0 Å². The fraction of sp³-hybridized carbons (Fsp3) is 0.812. The number of ether oxygens (including phenoxy) is 1. The lowest BCUT2D eigenvalue weighted by Crippen LogP contribution is -2.26. The first kappa shape index (κ1) is 21.2. The molecule has 138 valence electrons. The Morgan fingerprint density at radius 3 is 2.71 bits per heavy atom. The third-order valence-corrected chi connectivity index (χ3v) is 5.70.